The Morgan fingerprint density at radius 3 is 2.47 bits per heavy atom. The molecule has 0 radical (unpaired) electrons. The first-order valence-electron chi connectivity index (χ1n) is 5.44. The lowest BCUT2D eigenvalue weighted by molar-refractivity contribution is 0.456. The van der Waals surface area contributed by atoms with Gasteiger partial charge in [-0.15, -0.1) is 0 Å². The molecular formula is C12H10Cl3N3O. The number of aromatic nitrogens is 2. The Morgan fingerprint density at radius 2 is 1.79 bits per heavy atom. The molecule has 0 aliphatic heterocycles. The average molecular weight is 319 g/mol. The lowest BCUT2D eigenvalue weighted by Gasteiger charge is -2.11. The van der Waals surface area contributed by atoms with Crippen LogP contribution in [0.3, 0.4) is 0 Å². The van der Waals surface area contributed by atoms with Gasteiger partial charge in [-0.2, -0.15) is 0 Å². The van der Waals surface area contributed by atoms with Crippen molar-refractivity contribution in [3.63, 3.8) is 0 Å². The molecule has 0 unspecified atom stereocenters. The maximum Gasteiger partial charge on any atom is 0.227 e. The molecule has 100 valence electrons. The molecule has 0 saturated heterocycles. The summed E-state index contributed by atoms with van der Waals surface area (Å²) in [6.45, 7) is 1.93. The van der Waals surface area contributed by atoms with Crippen LogP contribution in [0.15, 0.2) is 18.5 Å². The van der Waals surface area contributed by atoms with Crippen LogP contribution in [-0.2, 0) is 6.42 Å². The van der Waals surface area contributed by atoms with Gasteiger partial charge in [-0.3, -0.25) is 0 Å². The fourth-order valence-electron chi connectivity index (χ4n) is 1.52. The summed E-state index contributed by atoms with van der Waals surface area (Å²) in [5.41, 5.74) is 6.48. The standard InChI is InChI=1S/C12H10Cl3N3O/c1-2-6-11(16)17-5-18-12(6)19-10-4-8(14)7(13)3-9(10)15/h3-5H,2H2,1H3,(H2,16,17,18). The minimum atomic E-state index is 0.341. The first-order valence-corrected chi connectivity index (χ1v) is 6.58. The van der Waals surface area contributed by atoms with E-state index < -0.39 is 0 Å². The number of anilines is 1. The van der Waals surface area contributed by atoms with E-state index in [1.165, 1.54) is 18.5 Å². The first kappa shape index (κ1) is 14.2. The van der Waals surface area contributed by atoms with Crippen LogP contribution in [0.4, 0.5) is 5.82 Å². The van der Waals surface area contributed by atoms with E-state index in [1.54, 1.807) is 0 Å². The van der Waals surface area contributed by atoms with Crippen molar-refractivity contribution >= 4 is 40.6 Å². The van der Waals surface area contributed by atoms with Crippen molar-refractivity contribution in [1.29, 1.82) is 0 Å². The number of rotatable bonds is 3. The quantitative estimate of drug-likeness (QED) is 0.853. The van der Waals surface area contributed by atoms with Gasteiger partial charge in [-0.05, 0) is 12.5 Å². The number of nitrogens with two attached hydrogens (primary N) is 1. The van der Waals surface area contributed by atoms with E-state index in [-0.39, 0.29) is 0 Å². The minimum absolute atomic E-state index is 0.341. The molecule has 7 heteroatoms. The average Bonchev–Trinajstić information content (AvgIpc) is 2.36. The molecule has 1 heterocycles. The summed E-state index contributed by atoms with van der Waals surface area (Å²) in [4.78, 5) is 7.96. The normalized spacial score (nSPS) is 10.5. The number of ether oxygens (including phenoxy) is 1. The van der Waals surface area contributed by atoms with E-state index in [4.69, 9.17) is 45.3 Å². The monoisotopic (exact) mass is 317 g/mol. The smallest absolute Gasteiger partial charge is 0.227 e. The van der Waals surface area contributed by atoms with Crippen LogP contribution < -0.4 is 10.5 Å². The van der Waals surface area contributed by atoms with Crippen LogP contribution >= 0.6 is 34.8 Å². The molecule has 19 heavy (non-hydrogen) atoms. The largest absolute Gasteiger partial charge is 0.437 e. The Kier molecular flexibility index (Phi) is 4.34. The van der Waals surface area contributed by atoms with Crippen molar-refractivity contribution in [3.8, 4) is 11.6 Å². The highest BCUT2D eigenvalue weighted by Crippen LogP contribution is 2.37. The molecule has 0 spiro atoms. The zero-order valence-corrected chi connectivity index (χ0v) is 12.2. The number of hydrogen-bond acceptors (Lipinski definition) is 4. The van der Waals surface area contributed by atoms with Gasteiger partial charge >= 0.3 is 0 Å². The highest BCUT2D eigenvalue weighted by Gasteiger charge is 2.13. The third-order valence-corrected chi connectivity index (χ3v) is 3.49. The van der Waals surface area contributed by atoms with Gasteiger partial charge < -0.3 is 10.5 Å². The van der Waals surface area contributed by atoms with Gasteiger partial charge in [0.05, 0.1) is 20.6 Å². The van der Waals surface area contributed by atoms with Crippen LogP contribution in [0.5, 0.6) is 11.6 Å². The van der Waals surface area contributed by atoms with Crippen LogP contribution in [0.25, 0.3) is 0 Å². The molecule has 2 rings (SSSR count). The fraction of sp³-hybridized carbons (Fsp3) is 0.167. The zero-order chi connectivity index (χ0) is 14.0. The summed E-state index contributed by atoms with van der Waals surface area (Å²) >= 11 is 17.8. The van der Waals surface area contributed by atoms with Gasteiger partial charge in [0.15, 0.2) is 0 Å². The summed E-state index contributed by atoms with van der Waals surface area (Å²) in [7, 11) is 0. The van der Waals surface area contributed by atoms with Crippen molar-refractivity contribution in [2.24, 2.45) is 0 Å². The lowest BCUT2D eigenvalue weighted by Crippen LogP contribution is -2.02. The van der Waals surface area contributed by atoms with E-state index in [9.17, 15) is 0 Å². The molecule has 0 aliphatic carbocycles. The molecule has 1 aromatic carbocycles. The minimum Gasteiger partial charge on any atom is -0.437 e. The van der Waals surface area contributed by atoms with Crippen LogP contribution in [0, 0.1) is 0 Å². The van der Waals surface area contributed by atoms with Crippen LogP contribution in [-0.4, -0.2) is 9.97 Å². The van der Waals surface area contributed by atoms with Crippen molar-refractivity contribution in [2.75, 3.05) is 5.73 Å². The summed E-state index contributed by atoms with van der Waals surface area (Å²) in [6.07, 6.45) is 1.97. The number of halogens is 3. The maximum absolute atomic E-state index is 6.04. The predicted molar refractivity (Wildman–Crippen MR) is 77.4 cm³/mol. The second-order valence-corrected chi connectivity index (χ2v) is 4.92. The van der Waals surface area contributed by atoms with Crippen LogP contribution in [0.2, 0.25) is 15.1 Å². The first-order chi connectivity index (χ1) is 9.02. The molecule has 0 bridgehead atoms. The Labute approximate surface area is 125 Å². The van der Waals surface area contributed by atoms with Gasteiger partial charge in [0.25, 0.3) is 0 Å². The summed E-state index contributed by atoms with van der Waals surface area (Å²) in [5, 5.41) is 1.05. The number of benzene rings is 1. The van der Waals surface area contributed by atoms with Crippen molar-refractivity contribution in [2.45, 2.75) is 13.3 Å². The van der Waals surface area contributed by atoms with Crippen molar-refractivity contribution in [3.05, 3.63) is 39.1 Å². The number of nitrogens with zero attached hydrogens (tertiary/aromatic N) is 2. The topological polar surface area (TPSA) is 61.0 Å². The molecule has 0 amide bonds. The molecule has 0 atom stereocenters. The highest BCUT2D eigenvalue weighted by molar-refractivity contribution is 6.43. The van der Waals surface area contributed by atoms with Gasteiger partial charge in [0, 0.05) is 6.07 Å². The number of hydrogen-bond donors (Lipinski definition) is 1. The SMILES string of the molecule is CCc1c(N)ncnc1Oc1cc(Cl)c(Cl)cc1Cl. The van der Waals surface area contributed by atoms with E-state index >= 15 is 0 Å². The summed E-state index contributed by atoms with van der Waals surface area (Å²) in [5.74, 6) is 1.10. The molecule has 0 aliphatic rings. The Balaban J connectivity index is 2.42. The van der Waals surface area contributed by atoms with Crippen LogP contribution in [0.1, 0.15) is 12.5 Å². The summed E-state index contributed by atoms with van der Waals surface area (Å²) in [6, 6.07) is 3.04. The van der Waals surface area contributed by atoms with E-state index in [2.05, 4.69) is 9.97 Å². The van der Waals surface area contributed by atoms with Gasteiger partial charge in [0.1, 0.15) is 17.9 Å². The third kappa shape index (κ3) is 3.03. The van der Waals surface area contributed by atoms with Gasteiger partial charge in [0.2, 0.25) is 5.88 Å². The predicted octanol–water partition coefficient (Wildman–Crippen LogP) is 4.37. The van der Waals surface area contributed by atoms with E-state index in [0.29, 0.717) is 44.5 Å². The molecule has 4 nitrogen and oxygen atoms in total. The molecular weight excluding hydrogens is 309 g/mol. The summed E-state index contributed by atoms with van der Waals surface area (Å²) < 4.78 is 5.64. The van der Waals surface area contributed by atoms with Gasteiger partial charge in [-0.25, -0.2) is 9.97 Å². The molecule has 1 aromatic heterocycles. The molecule has 2 aromatic rings. The fourth-order valence-corrected chi connectivity index (χ4v) is 2.09. The van der Waals surface area contributed by atoms with E-state index in [1.807, 2.05) is 6.92 Å². The zero-order valence-electron chi connectivity index (χ0n) is 9.95. The molecule has 0 fully saturated rings. The lowest BCUT2D eigenvalue weighted by atomic mass is 10.2. The molecule has 0 saturated carbocycles. The highest BCUT2D eigenvalue weighted by atomic mass is 35.5. The Bertz CT molecular complexity index is 619. The second-order valence-electron chi connectivity index (χ2n) is 3.69. The Morgan fingerprint density at radius 1 is 1.11 bits per heavy atom. The van der Waals surface area contributed by atoms with E-state index in [0.717, 1.165) is 0 Å². The number of nitrogen functional groups attached to an aromatic ring is 1. The van der Waals surface area contributed by atoms with Crippen molar-refractivity contribution < 1.29 is 4.74 Å². The van der Waals surface area contributed by atoms with Crippen molar-refractivity contribution in [1.82, 2.24) is 9.97 Å². The Hall–Kier alpha value is -1.23. The van der Waals surface area contributed by atoms with Gasteiger partial charge in [-0.1, -0.05) is 41.7 Å². The third-order valence-electron chi connectivity index (χ3n) is 2.47. The maximum atomic E-state index is 6.04. The second kappa shape index (κ2) is 5.82. The molecule has 2 N–H and O–H groups in total.